The van der Waals surface area contributed by atoms with E-state index in [4.69, 9.17) is 10.5 Å². The number of hydrogen-bond donors (Lipinski definition) is 1. The number of nitrogens with zero attached hydrogens (tertiary/aromatic N) is 2. The van der Waals surface area contributed by atoms with Gasteiger partial charge in [0.05, 0.1) is 19.3 Å². The zero-order valence-electron chi connectivity index (χ0n) is 12.7. The van der Waals surface area contributed by atoms with Crippen LogP contribution in [0.15, 0.2) is 42.5 Å². The molecule has 0 saturated carbocycles. The monoisotopic (exact) mass is 285 g/mol. The second-order valence-electron chi connectivity index (χ2n) is 5.02. The minimum absolute atomic E-state index is 0.649. The molecule has 1 aromatic heterocycles. The van der Waals surface area contributed by atoms with Crippen molar-refractivity contribution in [2.24, 2.45) is 5.73 Å². The molecule has 0 radical (unpaired) electrons. The Morgan fingerprint density at radius 3 is 2.67 bits per heavy atom. The standard InChI is InChI=1S/C17H23N3O/c1-14-7-3-4-9-16(14)20(12-6-11-18)13-15-8-5-10-17(19-15)21-2/h3-5,7-10H,6,11-13,18H2,1-2H3. The zero-order chi connectivity index (χ0) is 15.1. The number of rotatable bonds is 7. The summed E-state index contributed by atoms with van der Waals surface area (Å²) in [4.78, 5) is 6.82. The van der Waals surface area contributed by atoms with Gasteiger partial charge in [-0.25, -0.2) is 4.98 Å². The Morgan fingerprint density at radius 1 is 1.14 bits per heavy atom. The van der Waals surface area contributed by atoms with Gasteiger partial charge in [0, 0.05) is 18.3 Å². The Balaban J connectivity index is 2.21. The number of aryl methyl sites for hydroxylation is 1. The number of anilines is 1. The van der Waals surface area contributed by atoms with Crippen LogP contribution in [0, 0.1) is 6.92 Å². The van der Waals surface area contributed by atoms with E-state index in [0.717, 1.165) is 25.2 Å². The molecule has 2 rings (SSSR count). The third-order valence-electron chi connectivity index (χ3n) is 3.43. The van der Waals surface area contributed by atoms with Crippen molar-refractivity contribution in [1.82, 2.24) is 4.98 Å². The van der Waals surface area contributed by atoms with Crippen LogP contribution in [-0.4, -0.2) is 25.2 Å². The van der Waals surface area contributed by atoms with Crippen LogP contribution < -0.4 is 15.4 Å². The van der Waals surface area contributed by atoms with Crippen LogP contribution in [0.5, 0.6) is 5.88 Å². The van der Waals surface area contributed by atoms with Gasteiger partial charge in [0.25, 0.3) is 0 Å². The summed E-state index contributed by atoms with van der Waals surface area (Å²) in [5, 5.41) is 0. The fourth-order valence-electron chi connectivity index (χ4n) is 2.34. The lowest BCUT2D eigenvalue weighted by atomic mass is 10.1. The van der Waals surface area contributed by atoms with Crippen molar-refractivity contribution in [2.45, 2.75) is 19.9 Å². The minimum Gasteiger partial charge on any atom is -0.481 e. The topological polar surface area (TPSA) is 51.4 Å². The van der Waals surface area contributed by atoms with Crippen molar-refractivity contribution < 1.29 is 4.74 Å². The highest BCUT2D eigenvalue weighted by Gasteiger charge is 2.10. The zero-order valence-corrected chi connectivity index (χ0v) is 12.7. The van der Waals surface area contributed by atoms with E-state index in [2.05, 4.69) is 41.1 Å². The first-order valence-electron chi connectivity index (χ1n) is 7.25. The second kappa shape index (κ2) is 7.64. The molecule has 1 heterocycles. The number of hydrogen-bond acceptors (Lipinski definition) is 4. The molecular formula is C17H23N3O. The first kappa shape index (κ1) is 15.3. The van der Waals surface area contributed by atoms with Crippen LogP contribution in [0.25, 0.3) is 0 Å². The van der Waals surface area contributed by atoms with Crippen LogP contribution in [0.4, 0.5) is 5.69 Å². The molecule has 2 aromatic rings. The van der Waals surface area contributed by atoms with Gasteiger partial charge in [0.15, 0.2) is 0 Å². The molecule has 0 spiro atoms. The summed E-state index contributed by atoms with van der Waals surface area (Å²) in [5.41, 5.74) is 9.16. The number of nitrogens with two attached hydrogens (primary N) is 1. The number of pyridine rings is 1. The maximum atomic E-state index is 5.67. The number of para-hydroxylation sites is 1. The third-order valence-corrected chi connectivity index (χ3v) is 3.43. The smallest absolute Gasteiger partial charge is 0.213 e. The average molecular weight is 285 g/mol. The lowest BCUT2D eigenvalue weighted by Gasteiger charge is -2.26. The fraction of sp³-hybridized carbons (Fsp3) is 0.353. The molecular weight excluding hydrogens is 262 g/mol. The lowest BCUT2D eigenvalue weighted by molar-refractivity contribution is 0.396. The highest BCUT2D eigenvalue weighted by molar-refractivity contribution is 5.53. The fourth-order valence-corrected chi connectivity index (χ4v) is 2.34. The molecule has 0 aliphatic rings. The van der Waals surface area contributed by atoms with E-state index in [9.17, 15) is 0 Å². The second-order valence-corrected chi connectivity index (χ2v) is 5.02. The van der Waals surface area contributed by atoms with Gasteiger partial charge in [0.2, 0.25) is 5.88 Å². The summed E-state index contributed by atoms with van der Waals surface area (Å²) in [7, 11) is 1.64. The molecule has 4 heteroatoms. The van der Waals surface area contributed by atoms with E-state index in [-0.39, 0.29) is 0 Å². The van der Waals surface area contributed by atoms with Crippen LogP contribution in [0.2, 0.25) is 0 Å². The van der Waals surface area contributed by atoms with Crippen molar-refractivity contribution in [1.29, 1.82) is 0 Å². The van der Waals surface area contributed by atoms with Crippen molar-refractivity contribution in [3.63, 3.8) is 0 Å². The van der Waals surface area contributed by atoms with Crippen molar-refractivity contribution in [3.05, 3.63) is 53.7 Å². The Morgan fingerprint density at radius 2 is 1.95 bits per heavy atom. The predicted octanol–water partition coefficient (Wildman–Crippen LogP) is 2.75. The molecule has 112 valence electrons. The molecule has 2 N–H and O–H groups in total. The first-order chi connectivity index (χ1) is 10.2. The third kappa shape index (κ3) is 4.20. The number of aromatic nitrogens is 1. The lowest BCUT2D eigenvalue weighted by Crippen LogP contribution is -2.26. The summed E-state index contributed by atoms with van der Waals surface area (Å²) in [6.45, 7) is 4.49. The van der Waals surface area contributed by atoms with Gasteiger partial charge >= 0.3 is 0 Å². The first-order valence-corrected chi connectivity index (χ1v) is 7.25. The molecule has 0 saturated heterocycles. The van der Waals surface area contributed by atoms with Crippen LogP contribution >= 0.6 is 0 Å². The molecule has 0 aliphatic carbocycles. The van der Waals surface area contributed by atoms with Crippen LogP contribution in [-0.2, 0) is 6.54 Å². The Labute approximate surface area is 126 Å². The number of methoxy groups -OCH3 is 1. The summed E-state index contributed by atoms with van der Waals surface area (Å²) in [6.07, 6.45) is 0.957. The van der Waals surface area contributed by atoms with E-state index >= 15 is 0 Å². The average Bonchev–Trinajstić information content (AvgIpc) is 2.52. The van der Waals surface area contributed by atoms with Gasteiger partial charge in [-0.15, -0.1) is 0 Å². The van der Waals surface area contributed by atoms with Crippen LogP contribution in [0.3, 0.4) is 0 Å². The molecule has 0 fully saturated rings. The summed E-state index contributed by atoms with van der Waals surface area (Å²) in [6, 6.07) is 14.3. The molecule has 0 amide bonds. The van der Waals surface area contributed by atoms with E-state index in [1.807, 2.05) is 18.2 Å². The maximum Gasteiger partial charge on any atom is 0.213 e. The van der Waals surface area contributed by atoms with E-state index < -0.39 is 0 Å². The molecule has 0 aliphatic heterocycles. The van der Waals surface area contributed by atoms with Crippen molar-refractivity contribution in [2.75, 3.05) is 25.1 Å². The van der Waals surface area contributed by atoms with E-state index in [0.29, 0.717) is 12.4 Å². The maximum absolute atomic E-state index is 5.67. The van der Waals surface area contributed by atoms with E-state index in [1.165, 1.54) is 11.3 Å². The molecule has 1 aromatic carbocycles. The van der Waals surface area contributed by atoms with Gasteiger partial charge in [-0.2, -0.15) is 0 Å². The SMILES string of the molecule is COc1cccc(CN(CCCN)c2ccccc2C)n1. The molecule has 0 atom stereocenters. The van der Waals surface area contributed by atoms with Gasteiger partial charge in [0.1, 0.15) is 0 Å². The molecule has 0 unspecified atom stereocenters. The largest absolute Gasteiger partial charge is 0.481 e. The van der Waals surface area contributed by atoms with Gasteiger partial charge in [-0.05, 0) is 37.6 Å². The van der Waals surface area contributed by atoms with Gasteiger partial charge < -0.3 is 15.4 Å². The summed E-state index contributed by atoms with van der Waals surface area (Å²) < 4.78 is 5.20. The summed E-state index contributed by atoms with van der Waals surface area (Å²) >= 11 is 0. The summed E-state index contributed by atoms with van der Waals surface area (Å²) in [5.74, 6) is 0.649. The molecule has 4 nitrogen and oxygen atoms in total. The van der Waals surface area contributed by atoms with E-state index in [1.54, 1.807) is 7.11 Å². The molecule has 21 heavy (non-hydrogen) atoms. The minimum atomic E-state index is 0.649. The van der Waals surface area contributed by atoms with Crippen LogP contribution in [0.1, 0.15) is 17.7 Å². The predicted molar refractivity (Wildman–Crippen MR) is 86.7 cm³/mol. The highest BCUT2D eigenvalue weighted by atomic mass is 16.5. The van der Waals surface area contributed by atoms with Gasteiger partial charge in [-0.1, -0.05) is 24.3 Å². The van der Waals surface area contributed by atoms with Gasteiger partial charge in [-0.3, -0.25) is 0 Å². The quantitative estimate of drug-likeness (QED) is 0.850. The Hall–Kier alpha value is -2.07. The van der Waals surface area contributed by atoms with Crippen molar-refractivity contribution >= 4 is 5.69 Å². The van der Waals surface area contributed by atoms with Crippen molar-refractivity contribution in [3.8, 4) is 5.88 Å². The number of benzene rings is 1. The Bertz CT molecular complexity index is 571. The number of ether oxygens (including phenoxy) is 1. The highest BCUT2D eigenvalue weighted by Crippen LogP contribution is 2.22. The Kier molecular flexibility index (Phi) is 5.58. The normalized spacial score (nSPS) is 10.4. The molecule has 0 bridgehead atoms.